The van der Waals surface area contributed by atoms with E-state index < -0.39 is 10.0 Å². The Labute approximate surface area is 156 Å². The number of thioether (sulfide) groups is 1. The molecule has 0 unspecified atom stereocenters. The molecule has 1 aliphatic heterocycles. The van der Waals surface area contributed by atoms with E-state index in [0.29, 0.717) is 23.0 Å². The Morgan fingerprint density at radius 1 is 1.15 bits per heavy atom. The SMILES string of the molecule is CSc1ncc2c(n1)N(S(=O)(=O)c1cccc3cccnc13)CC2(C)C. The lowest BCUT2D eigenvalue weighted by molar-refractivity contribution is 0.554. The lowest BCUT2D eigenvalue weighted by atomic mass is 9.89. The molecule has 0 aliphatic carbocycles. The normalized spacial score (nSPS) is 16.0. The van der Waals surface area contributed by atoms with E-state index in [1.54, 1.807) is 30.6 Å². The molecule has 3 aromatic rings. The van der Waals surface area contributed by atoms with Crippen LogP contribution < -0.4 is 4.31 Å². The quantitative estimate of drug-likeness (QED) is 0.508. The van der Waals surface area contributed by atoms with Crippen molar-refractivity contribution in [1.82, 2.24) is 15.0 Å². The van der Waals surface area contributed by atoms with Crippen LogP contribution in [-0.4, -0.2) is 36.2 Å². The Morgan fingerprint density at radius 2 is 1.92 bits per heavy atom. The third kappa shape index (κ3) is 2.55. The summed E-state index contributed by atoms with van der Waals surface area (Å²) in [6.07, 6.45) is 5.22. The Kier molecular flexibility index (Phi) is 3.92. The van der Waals surface area contributed by atoms with E-state index in [0.717, 1.165) is 10.9 Å². The van der Waals surface area contributed by atoms with E-state index in [4.69, 9.17) is 0 Å². The van der Waals surface area contributed by atoms with Gasteiger partial charge in [0.2, 0.25) is 0 Å². The van der Waals surface area contributed by atoms with Gasteiger partial charge in [0.25, 0.3) is 10.0 Å². The van der Waals surface area contributed by atoms with Gasteiger partial charge in [-0.3, -0.25) is 4.98 Å². The van der Waals surface area contributed by atoms with Gasteiger partial charge in [-0.15, -0.1) is 0 Å². The molecule has 0 bridgehead atoms. The number of nitrogens with zero attached hydrogens (tertiary/aromatic N) is 4. The maximum atomic E-state index is 13.5. The molecule has 4 rings (SSSR count). The van der Waals surface area contributed by atoms with Gasteiger partial charge in [-0.2, -0.15) is 0 Å². The molecule has 0 saturated heterocycles. The van der Waals surface area contributed by atoms with Gasteiger partial charge in [0.05, 0.1) is 5.52 Å². The van der Waals surface area contributed by atoms with Crippen molar-refractivity contribution in [3.63, 3.8) is 0 Å². The summed E-state index contributed by atoms with van der Waals surface area (Å²) in [6.45, 7) is 4.33. The van der Waals surface area contributed by atoms with Gasteiger partial charge in [-0.25, -0.2) is 22.7 Å². The van der Waals surface area contributed by atoms with Crippen molar-refractivity contribution in [2.75, 3.05) is 17.1 Å². The van der Waals surface area contributed by atoms with Crippen molar-refractivity contribution in [1.29, 1.82) is 0 Å². The molecule has 1 aliphatic rings. The summed E-state index contributed by atoms with van der Waals surface area (Å²) in [5, 5.41) is 1.34. The standard InChI is InChI=1S/C18H18N4O2S2/c1-18(2)11-22(16-13(18)10-20-17(21-16)25-3)26(23,24)14-8-4-6-12-7-5-9-19-15(12)14/h4-10H,11H2,1-3H3. The third-order valence-corrected chi connectivity index (χ3v) is 6.93. The molecule has 26 heavy (non-hydrogen) atoms. The number of hydrogen-bond acceptors (Lipinski definition) is 6. The molecule has 0 spiro atoms. The Balaban J connectivity index is 1.93. The number of aromatic nitrogens is 3. The molecule has 1 aromatic carbocycles. The minimum atomic E-state index is -3.80. The van der Waals surface area contributed by atoms with Crippen LogP contribution in [0.5, 0.6) is 0 Å². The maximum absolute atomic E-state index is 13.5. The fourth-order valence-corrected chi connectivity index (χ4v) is 5.34. The lowest BCUT2D eigenvalue weighted by Crippen LogP contribution is -2.34. The first-order chi connectivity index (χ1) is 12.3. The number of anilines is 1. The van der Waals surface area contributed by atoms with Crippen molar-refractivity contribution >= 4 is 38.5 Å². The van der Waals surface area contributed by atoms with Crippen LogP contribution in [0.25, 0.3) is 10.9 Å². The van der Waals surface area contributed by atoms with Gasteiger partial charge >= 0.3 is 0 Å². The Hall–Kier alpha value is -2.19. The monoisotopic (exact) mass is 386 g/mol. The van der Waals surface area contributed by atoms with Crippen molar-refractivity contribution in [3.8, 4) is 0 Å². The van der Waals surface area contributed by atoms with E-state index >= 15 is 0 Å². The highest BCUT2D eigenvalue weighted by molar-refractivity contribution is 7.98. The Bertz CT molecular complexity index is 1110. The van der Waals surface area contributed by atoms with Crippen LogP contribution in [0, 0.1) is 0 Å². The summed E-state index contributed by atoms with van der Waals surface area (Å²) in [5.41, 5.74) is 0.949. The molecular weight excluding hydrogens is 368 g/mol. The first kappa shape index (κ1) is 17.2. The van der Waals surface area contributed by atoms with Crippen LogP contribution in [0.15, 0.2) is 52.8 Å². The molecule has 0 fully saturated rings. The first-order valence-corrected chi connectivity index (χ1v) is 10.8. The van der Waals surface area contributed by atoms with Gasteiger partial charge in [-0.1, -0.05) is 43.8 Å². The zero-order valence-corrected chi connectivity index (χ0v) is 16.3. The molecule has 0 amide bonds. The summed E-state index contributed by atoms with van der Waals surface area (Å²) >= 11 is 1.39. The van der Waals surface area contributed by atoms with Crippen molar-refractivity contribution < 1.29 is 8.42 Å². The predicted octanol–water partition coefficient (Wildman–Crippen LogP) is 3.23. The van der Waals surface area contributed by atoms with E-state index in [1.165, 1.54) is 16.1 Å². The van der Waals surface area contributed by atoms with E-state index in [-0.39, 0.29) is 10.3 Å². The van der Waals surface area contributed by atoms with Crippen LogP contribution >= 0.6 is 11.8 Å². The highest BCUT2D eigenvalue weighted by atomic mass is 32.2. The second-order valence-electron chi connectivity index (χ2n) is 6.82. The van der Waals surface area contributed by atoms with Crippen LogP contribution in [0.4, 0.5) is 5.82 Å². The molecule has 0 saturated carbocycles. The number of pyridine rings is 1. The molecule has 2 aromatic heterocycles. The van der Waals surface area contributed by atoms with Crippen LogP contribution in [0.1, 0.15) is 19.4 Å². The predicted molar refractivity (Wildman–Crippen MR) is 103 cm³/mol. The molecule has 134 valence electrons. The van der Waals surface area contributed by atoms with E-state index in [2.05, 4.69) is 15.0 Å². The molecule has 8 heteroatoms. The fourth-order valence-electron chi connectivity index (χ4n) is 3.24. The summed E-state index contributed by atoms with van der Waals surface area (Å²) in [4.78, 5) is 13.3. The fraction of sp³-hybridized carbons (Fsp3) is 0.278. The minimum absolute atomic E-state index is 0.198. The van der Waals surface area contributed by atoms with Crippen molar-refractivity contribution in [2.24, 2.45) is 0 Å². The second kappa shape index (κ2) is 5.92. The number of hydrogen-bond donors (Lipinski definition) is 0. The van der Waals surface area contributed by atoms with E-state index in [1.807, 2.05) is 32.2 Å². The molecule has 0 atom stereocenters. The largest absolute Gasteiger partial charge is 0.267 e. The average Bonchev–Trinajstić information content (AvgIpc) is 2.92. The van der Waals surface area contributed by atoms with Crippen molar-refractivity contribution in [3.05, 3.63) is 48.3 Å². The maximum Gasteiger partial charge on any atom is 0.267 e. The summed E-state index contributed by atoms with van der Waals surface area (Å²) < 4.78 is 28.4. The number of fused-ring (bicyclic) bond motifs is 2. The summed E-state index contributed by atoms with van der Waals surface area (Å²) in [7, 11) is -3.80. The van der Waals surface area contributed by atoms with Crippen molar-refractivity contribution in [2.45, 2.75) is 29.3 Å². The topological polar surface area (TPSA) is 76.1 Å². The third-order valence-electron chi connectivity index (χ3n) is 4.60. The molecule has 0 N–H and O–H groups in total. The van der Waals surface area contributed by atoms with Gasteiger partial charge in [0.1, 0.15) is 4.90 Å². The lowest BCUT2D eigenvalue weighted by Gasteiger charge is -2.22. The van der Waals surface area contributed by atoms with Gasteiger partial charge in [0, 0.05) is 35.3 Å². The highest BCUT2D eigenvalue weighted by Gasteiger charge is 2.43. The number of benzene rings is 1. The molecular formula is C18H18N4O2S2. The highest BCUT2D eigenvalue weighted by Crippen LogP contribution is 2.42. The van der Waals surface area contributed by atoms with E-state index in [9.17, 15) is 8.42 Å². The summed E-state index contributed by atoms with van der Waals surface area (Å²) in [6, 6.07) is 8.86. The minimum Gasteiger partial charge on any atom is -0.255 e. The summed E-state index contributed by atoms with van der Waals surface area (Å²) in [5.74, 6) is 0.460. The van der Waals surface area contributed by atoms with Crippen LogP contribution in [0.2, 0.25) is 0 Å². The number of sulfonamides is 1. The smallest absolute Gasteiger partial charge is 0.255 e. The number of rotatable bonds is 3. The van der Waals surface area contributed by atoms with Crippen LogP contribution in [0.3, 0.4) is 0 Å². The molecule has 3 heterocycles. The first-order valence-electron chi connectivity index (χ1n) is 8.12. The molecule has 0 radical (unpaired) electrons. The average molecular weight is 387 g/mol. The zero-order chi connectivity index (χ0) is 18.5. The van der Waals surface area contributed by atoms with Gasteiger partial charge in [-0.05, 0) is 18.4 Å². The Morgan fingerprint density at radius 3 is 2.69 bits per heavy atom. The second-order valence-corrected chi connectivity index (χ2v) is 9.42. The molecule has 6 nitrogen and oxygen atoms in total. The van der Waals surface area contributed by atoms with Crippen LogP contribution in [-0.2, 0) is 15.4 Å². The number of para-hydroxylation sites is 1. The van der Waals surface area contributed by atoms with Gasteiger partial charge < -0.3 is 0 Å². The van der Waals surface area contributed by atoms with Gasteiger partial charge in [0.15, 0.2) is 11.0 Å². The zero-order valence-electron chi connectivity index (χ0n) is 14.7.